The molecule has 0 saturated carbocycles. The van der Waals surface area contributed by atoms with Gasteiger partial charge in [-0.3, -0.25) is 9.69 Å². The zero-order valence-corrected chi connectivity index (χ0v) is 21.6. The second-order valence-corrected chi connectivity index (χ2v) is 9.57. The van der Waals surface area contributed by atoms with Crippen LogP contribution in [0.4, 0.5) is 10.5 Å². The highest BCUT2D eigenvalue weighted by atomic mass is 16.6. The second-order valence-electron chi connectivity index (χ2n) is 9.57. The van der Waals surface area contributed by atoms with Crippen LogP contribution in [-0.2, 0) is 20.9 Å². The predicted octanol–water partition coefficient (Wildman–Crippen LogP) is 3.59. The van der Waals surface area contributed by atoms with E-state index in [0.717, 1.165) is 17.7 Å². The summed E-state index contributed by atoms with van der Waals surface area (Å²) in [6.45, 7) is 7.40. The van der Waals surface area contributed by atoms with Crippen LogP contribution in [-0.4, -0.2) is 68.5 Å². The minimum Gasteiger partial charge on any atom is -0.496 e. The Bertz CT molecular complexity index is 1010. The molecule has 196 valence electrons. The summed E-state index contributed by atoms with van der Waals surface area (Å²) < 4.78 is 22.3. The van der Waals surface area contributed by atoms with Gasteiger partial charge in [0.15, 0.2) is 0 Å². The molecule has 1 aliphatic heterocycles. The molecule has 0 aliphatic carbocycles. The first-order valence-electron chi connectivity index (χ1n) is 12.1. The lowest BCUT2D eigenvalue weighted by atomic mass is 10.1. The fourth-order valence-corrected chi connectivity index (χ4v) is 3.90. The molecular formula is C27H37N3O6. The van der Waals surface area contributed by atoms with Crippen LogP contribution >= 0.6 is 0 Å². The molecule has 2 N–H and O–H groups in total. The van der Waals surface area contributed by atoms with E-state index in [0.29, 0.717) is 37.8 Å². The van der Waals surface area contributed by atoms with Crippen molar-refractivity contribution >= 4 is 17.7 Å². The average Bonchev–Trinajstić information content (AvgIpc) is 2.85. The summed E-state index contributed by atoms with van der Waals surface area (Å²) in [6.07, 6.45) is 0.224. The smallest absolute Gasteiger partial charge is 0.410 e. The fourth-order valence-electron chi connectivity index (χ4n) is 3.90. The van der Waals surface area contributed by atoms with Gasteiger partial charge in [0, 0.05) is 30.8 Å². The lowest BCUT2D eigenvalue weighted by Gasteiger charge is -2.40. The van der Waals surface area contributed by atoms with E-state index in [1.807, 2.05) is 48.5 Å². The molecule has 0 aromatic heterocycles. The second kappa shape index (κ2) is 12.6. The van der Waals surface area contributed by atoms with Crippen molar-refractivity contribution in [2.75, 3.05) is 44.9 Å². The van der Waals surface area contributed by atoms with Gasteiger partial charge in [-0.05, 0) is 51.1 Å². The summed E-state index contributed by atoms with van der Waals surface area (Å²) >= 11 is 0. The number of piperazine rings is 1. The lowest BCUT2D eigenvalue weighted by molar-refractivity contribution is -0.122. The van der Waals surface area contributed by atoms with Crippen molar-refractivity contribution in [1.82, 2.24) is 4.90 Å². The Morgan fingerprint density at radius 2 is 1.81 bits per heavy atom. The highest BCUT2D eigenvalue weighted by Crippen LogP contribution is 2.25. The zero-order valence-electron chi connectivity index (χ0n) is 21.6. The molecule has 36 heavy (non-hydrogen) atoms. The minimum atomic E-state index is -0.632. The van der Waals surface area contributed by atoms with Crippen LogP contribution in [0.5, 0.6) is 11.5 Å². The molecule has 1 heterocycles. The number of methoxy groups -OCH3 is 1. The van der Waals surface area contributed by atoms with Gasteiger partial charge in [0.1, 0.15) is 23.6 Å². The maximum atomic E-state index is 12.9. The van der Waals surface area contributed by atoms with Crippen molar-refractivity contribution in [3.63, 3.8) is 0 Å². The number of carbonyl (C=O) groups excluding carboxylic acids is 2. The number of anilines is 1. The molecule has 9 nitrogen and oxygen atoms in total. The molecule has 2 aromatic rings. The third-order valence-electron chi connectivity index (χ3n) is 5.58. The SMILES string of the molecule is COc1ccccc1COCCCOc1ccc(N2C(=O)CN(C(=O)OC(C)(C)C)C[C@@H]2CN)cc1. The van der Waals surface area contributed by atoms with Gasteiger partial charge in [0.05, 0.1) is 33.0 Å². The van der Waals surface area contributed by atoms with Crippen molar-refractivity contribution in [3.8, 4) is 11.5 Å². The molecule has 0 radical (unpaired) electrons. The number of hydrogen-bond donors (Lipinski definition) is 1. The standard InChI is InChI=1S/C27H37N3O6/c1-27(2,3)36-26(32)29-17-22(16-28)30(25(31)18-29)21-10-12-23(13-11-21)35-15-7-14-34-19-20-8-5-6-9-24(20)33-4/h5-6,8-13,22H,7,14-19,28H2,1-4H3/t22-/m0/s1. The minimum absolute atomic E-state index is 0.0570. The van der Waals surface area contributed by atoms with Crippen molar-refractivity contribution < 1.29 is 28.5 Å². The Hall–Kier alpha value is -3.30. The molecule has 0 spiro atoms. The van der Waals surface area contributed by atoms with Crippen LogP contribution in [0.15, 0.2) is 48.5 Å². The third kappa shape index (κ3) is 7.60. The van der Waals surface area contributed by atoms with E-state index in [-0.39, 0.29) is 25.0 Å². The summed E-state index contributed by atoms with van der Waals surface area (Å²) in [7, 11) is 1.65. The van der Waals surface area contributed by atoms with E-state index < -0.39 is 11.7 Å². The maximum Gasteiger partial charge on any atom is 0.410 e. The van der Waals surface area contributed by atoms with Gasteiger partial charge in [0.2, 0.25) is 5.91 Å². The molecule has 3 rings (SSSR count). The van der Waals surface area contributed by atoms with Crippen LogP contribution in [0.25, 0.3) is 0 Å². The van der Waals surface area contributed by atoms with Gasteiger partial charge < -0.3 is 29.6 Å². The zero-order chi connectivity index (χ0) is 26.1. The molecule has 2 amide bonds. The van der Waals surface area contributed by atoms with Gasteiger partial charge in [-0.15, -0.1) is 0 Å². The Morgan fingerprint density at radius 1 is 1.08 bits per heavy atom. The molecular weight excluding hydrogens is 462 g/mol. The van der Waals surface area contributed by atoms with Crippen molar-refractivity contribution in [3.05, 3.63) is 54.1 Å². The number of amides is 2. The Morgan fingerprint density at radius 3 is 2.47 bits per heavy atom. The van der Waals surface area contributed by atoms with Crippen LogP contribution < -0.4 is 20.1 Å². The fraction of sp³-hybridized carbons (Fsp3) is 0.481. The summed E-state index contributed by atoms with van der Waals surface area (Å²) in [4.78, 5) is 28.4. The van der Waals surface area contributed by atoms with Crippen LogP contribution in [0.3, 0.4) is 0 Å². The Kier molecular flexibility index (Phi) is 9.55. The summed E-state index contributed by atoms with van der Waals surface area (Å²) in [6, 6.07) is 14.7. The molecule has 2 aromatic carbocycles. The molecule has 1 fully saturated rings. The normalized spacial score (nSPS) is 16.1. The highest BCUT2D eigenvalue weighted by Gasteiger charge is 2.36. The van der Waals surface area contributed by atoms with Crippen molar-refractivity contribution in [1.29, 1.82) is 0 Å². The predicted molar refractivity (Wildman–Crippen MR) is 137 cm³/mol. The molecule has 0 unspecified atom stereocenters. The average molecular weight is 500 g/mol. The van der Waals surface area contributed by atoms with Crippen LogP contribution in [0.2, 0.25) is 0 Å². The highest BCUT2D eigenvalue weighted by molar-refractivity contribution is 5.98. The van der Waals surface area contributed by atoms with E-state index >= 15 is 0 Å². The topological polar surface area (TPSA) is 104 Å². The molecule has 1 saturated heterocycles. The molecule has 1 aliphatic rings. The van der Waals surface area contributed by atoms with Crippen LogP contribution in [0, 0.1) is 0 Å². The van der Waals surface area contributed by atoms with Crippen molar-refractivity contribution in [2.45, 2.75) is 45.4 Å². The van der Waals surface area contributed by atoms with Gasteiger partial charge in [-0.2, -0.15) is 0 Å². The van der Waals surface area contributed by atoms with Gasteiger partial charge >= 0.3 is 6.09 Å². The number of carbonyl (C=O) groups is 2. The number of nitrogens with two attached hydrogens (primary N) is 1. The first kappa shape index (κ1) is 27.3. The molecule has 0 bridgehead atoms. The number of rotatable bonds is 10. The van der Waals surface area contributed by atoms with Gasteiger partial charge in [0.25, 0.3) is 0 Å². The number of nitrogens with zero attached hydrogens (tertiary/aromatic N) is 2. The molecule has 9 heteroatoms. The number of para-hydroxylation sites is 1. The maximum absolute atomic E-state index is 12.9. The van der Waals surface area contributed by atoms with E-state index in [2.05, 4.69) is 0 Å². The third-order valence-corrected chi connectivity index (χ3v) is 5.58. The first-order chi connectivity index (χ1) is 17.2. The Labute approximate surface area is 213 Å². The first-order valence-corrected chi connectivity index (χ1v) is 12.1. The summed E-state index contributed by atoms with van der Waals surface area (Å²) in [5.41, 5.74) is 7.05. The van der Waals surface area contributed by atoms with Crippen molar-refractivity contribution in [2.24, 2.45) is 5.73 Å². The van der Waals surface area contributed by atoms with Gasteiger partial charge in [-0.1, -0.05) is 18.2 Å². The monoisotopic (exact) mass is 499 g/mol. The Balaban J connectivity index is 1.46. The van der Waals surface area contributed by atoms with E-state index in [4.69, 9.17) is 24.7 Å². The van der Waals surface area contributed by atoms with E-state index in [1.165, 1.54) is 4.90 Å². The lowest BCUT2D eigenvalue weighted by Crippen LogP contribution is -2.60. The number of benzene rings is 2. The van der Waals surface area contributed by atoms with E-state index in [9.17, 15) is 9.59 Å². The van der Waals surface area contributed by atoms with E-state index in [1.54, 1.807) is 32.8 Å². The van der Waals surface area contributed by atoms with Gasteiger partial charge in [-0.25, -0.2) is 4.79 Å². The largest absolute Gasteiger partial charge is 0.496 e. The quantitative estimate of drug-likeness (QED) is 0.498. The summed E-state index contributed by atoms with van der Waals surface area (Å²) in [5, 5.41) is 0. The summed E-state index contributed by atoms with van der Waals surface area (Å²) in [5.74, 6) is 1.31. The number of hydrogen-bond acceptors (Lipinski definition) is 7. The molecule has 1 atom stereocenters. The number of ether oxygens (including phenoxy) is 4. The van der Waals surface area contributed by atoms with Crippen LogP contribution in [0.1, 0.15) is 32.8 Å².